The van der Waals surface area contributed by atoms with Gasteiger partial charge in [-0.25, -0.2) is 4.79 Å². The zero-order valence-corrected chi connectivity index (χ0v) is 26.3. The van der Waals surface area contributed by atoms with Gasteiger partial charge < -0.3 is 39.0 Å². The van der Waals surface area contributed by atoms with Crippen LogP contribution in [-0.2, 0) is 39.2 Å². The van der Waals surface area contributed by atoms with E-state index >= 15 is 0 Å². The molecule has 0 radical (unpaired) electrons. The van der Waals surface area contributed by atoms with E-state index in [-0.39, 0.29) is 5.57 Å². The van der Waals surface area contributed by atoms with Crippen LogP contribution in [0.1, 0.15) is 39.7 Å². The van der Waals surface area contributed by atoms with Crippen LogP contribution in [0, 0.1) is 17.8 Å². The summed E-state index contributed by atoms with van der Waals surface area (Å²) in [4.78, 5) is 27.3. The number of carbonyl (C=O) groups excluding carboxylic acids is 2. The van der Waals surface area contributed by atoms with Crippen LogP contribution in [0.5, 0.6) is 0 Å². The number of Topliss-reactive ketones (excluding diaryl/α,β-unsaturated/α-hetero) is 1. The number of ketones is 1. The lowest BCUT2D eigenvalue weighted by atomic mass is 9.53. The molecule has 6 aliphatic rings. The second-order valence-electron chi connectivity index (χ2n) is 13.4. The number of aliphatic hydroxyl groups is 3. The summed E-state index contributed by atoms with van der Waals surface area (Å²) < 4.78 is 33.2. The highest BCUT2D eigenvalue weighted by atomic mass is 16.9. The van der Waals surface area contributed by atoms with Gasteiger partial charge in [-0.15, -0.1) is 0 Å². The van der Waals surface area contributed by atoms with E-state index in [1.54, 1.807) is 62.4 Å². The topological polar surface area (TPSA) is 144 Å². The van der Waals surface area contributed by atoms with Crippen LogP contribution in [0.4, 0.5) is 0 Å². The predicted molar refractivity (Wildman–Crippen MR) is 164 cm³/mol. The molecule has 7 rings (SSSR count). The molecule has 3 saturated heterocycles. The lowest BCUT2D eigenvalue weighted by molar-refractivity contribution is -0.440. The predicted octanol–water partition coefficient (Wildman–Crippen LogP) is 2.93. The van der Waals surface area contributed by atoms with Gasteiger partial charge in [0, 0.05) is 29.4 Å². The van der Waals surface area contributed by atoms with Crippen molar-refractivity contribution < 1.29 is 48.6 Å². The van der Waals surface area contributed by atoms with Crippen LogP contribution in [0.3, 0.4) is 0 Å². The Hall–Kier alpha value is -3.22. The van der Waals surface area contributed by atoms with Crippen LogP contribution < -0.4 is 0 Å². The molecule has 3 N–H and O–H groups in total. The summed E-state index contributed by atoms with van der Waals surface area (Å²) in [5.41, 5.74) is -5.89. The largest absolute Gasteiger partial charge is 0.455 e. The third kappa shape index (κ3) is 3.72. The fraction of sp³-hybridized carbons (Fsp3) is 0.500. The maximum absolute atomic E-state index is 13.8. The molecule has 1 aromatic carbocycles. The van der Waals surface area contributed by atoms with Crippen LogP contribution in [0.15, 0.2) is 90.6 Å². The van der Waals surface area contributed by atoms with Crippen molar-refractivity contribution in [2.75, 3.05) is 6.61 Å². The molecule has 5 fully saturated rings. The quantitative estimate of drug-likeness (QED) is 0.129. The molecule has 10 heteroatoms. The number of fused-ring (bicyclic) bond motifs is 3. The highest BCUT2D eigenvalue weighted by Crippen LogP contribution is 2.74. The first kappa shape index (κ1) is 31.4. The lowest BCUT2D eigenvalue weighted by Gasteiger charge is -2.61. The number of hydrogen-bond donors (Lipinski definition) is 3. The SMILES string of the molecule is C=C(C)[C@@]12O[C@@]3(c4ccccc4)O[C@@H]1[C@@H]1[C@@H]4O[C@]4(CO)[C@H](O)[C@]4(O)C(=O)C(C)=C[C@H]4[C@@]1(O3)[C@H](C)[C@@H]2OC(=O)/C=C/C=C/C=C/CC. The number of hydrogen-bond acceptors (Lipinski definition) is 10. The van der Waals surface area contributed by atoms with E-state index in [2.05, 4.69) is 6.58 Å². The summed E-state index contributed by atoms with van der Waals surface area (Å²) in [6.45, 7) is 10.8. The van der Waals surface area contributed by atoms with Crippen molar-refractivity contribution in [1.29, 1.82) is 0 Å². The molecule has 3 heterocycles. The molecular formula is C36H40O10. The molecule has 10 nitrogen and oxygen atoms in total. The Morgan fingerprint density at radius 1 is 1.09 bits per heavy atom. The standard InChI is InChI=1S/C36H40O10/c1-6-7-8-9-10-14-17-25(38)42-28-22(5)35-24-18-21(4)27(39)33(24,41)31(40)32(19-37)29(43-32)26(35)30-34(28,20(2)3)45-36(44-30,46-35)23-15-12-11-13-16-23/h7-18,22,24,26,28-31,37,40-41H,2,6,19H2,1,3-5H3/b8-7+,10-9+,17-14+/t22-,24-,26+,28+,29+,30-,31+,32+,33-,34+,35+,36-/m1/s1. The number of allylic oxidation sites excluding steroid dienone is 5. The first-order chi connectivity index (χ1) is 21.9. The average Bonchev–Trinajstić information content (AvgIpc) is 3.67. The van der Waals surface area contributed by atoms with Gasteiger partial charge in [-0.3, -0.25) is 4.79 Å². The zero-order valence-electron chi connectivity index (χ0n) is 26.3. The van der Waals surface area contributed by atoms with Crippen molar-refractivity contribution in [2.45, 2.75) is 86.9 Å². The van der Waals surface area contributed by atoms with Crippen LogP contribution in [0.2, 0.25) is 0 Å². The fourth-order valence-electron chi connectivity index (χ4n) is 8.95. The maximum atomic E-state index is 13.8. The Morgan fingerprint density at radius 2 is 1.80 bits per heavy atom. The van der Waals surface area contributed by atoms with Crippen LogP contribution in [-0.4, -0.2) is 80.5 Å². The van der Waals surface area contributed by atoms with Gasteiger partial charge in [0.2, 0.25) is 0 Å². The second kappa shape index (κ2) is 10.4. The Morgan fingerprint density at radius 3 is 2.48 bits per heavy atom. The summed E-state index contributed by atoms with van der Waals surface area (Å²) in [5.74, 6) is -5.93. The van der Waals surface area contributed by atoms with Gasteiger partial charge in [0.1, 0.15) is 30.0 Å². The smallest absolute Gasteiger partial charge is 0.331 e. The minimum Gasteiger partial charge on any atom is -0.455 e. The van der Waals surface area contributed by atoms with Crippen molar-refractivity contribution in [2.24, 2.45) is 17.8 Å². The first-order valence-corrected chi connectivity index (χ1v) is 15.8. The maximum Gasteiger partial charge on any atom is 0.331 e. The van der Waals surface area contributed by atoms with E-state index in [9.17, 15) is 24.9 Å². The number of aliphatic hydroxyl groups excluding tert-OH is 2. The zero-order chi connectivity index (χ0) is 32.9. The van der Waals surface area contributed by atoms with Gasteiger partial charge in [-0.1, -0.05) is 87.2 Å². The molecule has 3 aliphatic heterocycles. The summed E-state index contributed by atoms with van der Waals surface area (Å²) in [6.07, 6.45) is 8.04. The van der Waals surface area contributed by atoms with Crippen LogP contribution >= 0.6 is 0 Å². The van der Waals surface area contributed by atoms with Crippen molar-refractivity contribution >= 4 is 11.8 Å². The van der Waals surface area contributed by atoms with Gasteiger partial charge >= 0.3 is 11.9 Å². The third-order valence-electron chi connectivity index (χ3n) is 11.1. The van der Waals surface area contributed by atoms with E-state index in [4.69, 9.17) is 23.7 Å². The molecule has 1 aromatic rings. The van der Waals surface area contributed by atoms with E-state index in [1.807, 2.05) is 32.1 Å². The molecule has 46 heavy (non-hydrogen) atoms. The summed E-state index contributed by atoms with van der Waals surface area (Å²) in [7, 11) is 0. The van der Waals surface area contributed by atoms with E-state index in [1.165, 1.54) is 6.08 Å². The number of benzene rings is 1. The Kier molecular flexibility index (Phi) is 7.09. The first-order valence-electron chi connectivity index (χ1n) is 15.8. The van der Waals surface area contributed by atoms with Crippen molar-refractivity contribution in [3.05, 3.63) is 96.2 Å². The number of rotatable bonds is 8. The van der Waals surface area contributed by atoms with E-state index in [0.29, 0.717) is 11.1 Å². The molecule has 3 bridgehead atoms. The normalized spacial score (nSPS) is 46.7. The van der Waals surface area contributed by atoms with E-state index in [0.717, 1.165) is 6.42 Å². The number of ether oxygens (including phenoxy) is 5. The molecule has 0 aromatic heterocycles. The minimum absolute atomic E-state index is 0.230. The number of epoxide rings is 1. The molecule has 0 amide bonds. The lowest BCUT2D eigenvalue weighted by Crippen LogP contribution is -2.76. The number of esters is 1. The van der Waals surface area contributed by atoms with E-state index < -0.39 is 88.9 Å². The minimum atomic E-state index is -2.42. The molecule has 0 unspecified atom stereocenters. The molecule has 0 spiro atoms. The highest BCUT2D eigenvalue weighted by molar-refractivity contribution is 6.05. The summed E-state index contributed by atoms with van der Waals surface area (Å²) in [6, 6.07) is 9.00. The highest BCUT2D eigenvalue weighted by Gasteiger charge is 2.90. The Bertz CT molecular complexity index is 1600. The van der Waals surface area contributed by atoms with Gasteiger partial charge in [0.05, 0.1) is 12.2 Å². The third-order valence-corrected chi connectivity index (χ3v) is 11.1. The van der Waals surface area contributed by atoms with Crippen molar-refractivity contribution in [3.8, 4) is 0 Å². The molecule has 12 atom stereocenters. The molecule has 2 saturated carbocycles. The fourth-order valence-corrected chi connectivity index (χ4v) is 8.95. The summed E-state index contributed by atoms with van der Waals surface area (Å²) >= 11 is 0. The van der Waals surface area contributed by atoms with Gasteiger partial charge in [0.15, 0.2) is 17.0 Å². The monoisotopic (exact) mass is 632 g/mol. The second-order valence-corrected chi connectivity index (χ2v) is 13.4. The molecular weight excluding hydrogens is 592 g/mol. The van der Waals surface area contributed by atoms with Gasteiger partial charge in [-0.2, -0.15) is 0 Å². The van der Waals surface area contributed by atoms with Gasteiger partial charge in [0.25, 0.3) is 0 Å². The summed E-state index contributed by atoms with van der Waals surface area (Å²) in [5, 5.41) is 34.8. The van der Waals surface area contributed by atoms with Gasteiger partial charge in [-0.05, 0) is 31.4 Å². The Balaban J connectivity index is 1.43. The average molecular weight is 633 g/mol. The molecule has 3 aliphatic carbocycles. The van der Waals surface area contributed by atoms with Crippen molar-refractivity contribution in [1.82, 2.24) is 0 Å². The van der Waals surface area contributed by atoms with Crippen molar-refractivity contribution in [3.63, 3.8) is 0 Å². The Labute approximate surface area is 267 Å². The number of carbonyl (C=O) groups is 2. The van der Waals surface area contributed by atoms with Crippen LogP contribution in [0.25, 0.3) is 0 Å². The molecule has 244 valence electrons.